The van der Waals surface area contributed by atoms with Crippen LogP contribution < -0.4 is 24.4 Å². The third-order valence-electron chi connectivity index (χ3n) is 6.64. The van der Waals surface area contributed by atoms with Crippen molar-refractivity contribution < 1.29 is 19.0 Å². The summed E-state index contributed by atoms with van der Waals surface area (Å²) in [4.78, 5) is 32.8. The molecule has 43 heavy (non-hydrogen) atoms. The highest BCUT2D eigenvalue weighted by Crippen LogP contribution is 2.33. The van der Waals surface area contributed by atoms with Gasteiger partial charge in [0.25, 0.3) is 5.56 Å². The topological polar surface area (TPSA) is 79.1 Å². The van der Waals surface area contributed by atoms with E-state index in [1.807, 2.05) is 79.7 Å². The zero-order valence-electron chi connectivity index (χ0n) is 24.1. The second-order valence-corrected chi connectivity index (χ2v) is 13.5. The van der Waals surface area contributed by atoms with Crippen molar-refractivity contribution in [1.82, 2.24) is 4.57 Å². The Balaban J connectivity index is 1.64. The normalized spacial score (nSPS) is 14.9. The Bertz CT molecular complexity index is 1860. The molecule has 0 radical (unpaired) electrons. The average Bonchev–Trinajstić information content (AvgIpc) is 3.26. The minimum Gasteiger partial charge on any atom is -0.494 e. The molecule has 5 rings (SSSR count). The molecule has 1 aromatic heterocycles. The van der Waals surface area contributed by atoms with E-state index < -0.39 is 12.0 Å². The molecular formula is C33H30I2N2O5S. The maximum Gasteiger partial charge on any atom is 0.338 e. The summed E-state index contributed by atoms with van der Waals surface area (Å²) >= 11 is 5.83. The van der Waals surface area contributed by atoms with Crippen molar-refractivity contribution >= 4 is 68.6 Å². The predicted octanol–water partition coefficient (Wildman–Crippen LogP) is 6.37. The number of fused-ring (bicyclic) bond motifs is 1. The first-order valence-corrected chi connectivity index (χ1v) is 16.8. The van der Waals surface area contributed by atoms with E-state index in [0.717, 1.165) is 23.8 Å². The van der Waals surface area contributed by atoms with Crippen LogP contribution in [0.1, 0.15) is 50.4 Å². The molecule has 0 spiro atoms. The van der Waals surface area contributed by atoms with Crippen molar-refractivity contribution in [3.63, 3.8) is 0 Å². The van der Waals surface area contributed by atoms with Crippen LogP contribution in [0.3, 0.4) is 0 Å². The molecule has 1 atom stereocenters. The molecule has 222 valence electrons. The van der Waals surface area contributed by atoms with Gasteiger partial charge < -0.3 is 14.2 Å². The van der Waals surface area contributed by atoms with Crippen molar-refractivity contribution in [2.75, 3.05) is 6.61 Å². The van der Waals surface area contributed by atoms with Gasteiger partial charge >= 0.3 is 5.97 Å². The highest BCUT2D eigenvalue weighted by molar-refractivity contribution is 14.1. The molecule has 1 aliphatic rings. The maximum atomic E-state index is 14.2. The van der Waals surface area contributed by atoms with Crippen LogP contribution in [0.2, 0.25) is 0 Å². The highest BCUT2D eigenvalue weighted by atomic mass is 127. The number of hydrogen-bond acceptors (Lipinski definition) is 7. The molecule has 0 amide bonds. The van der Waals surface area contributed by atoms with Crippen LogP contribution in [0.25, 0.3) is 6.08 Å². The molecule has 1 aliphatic heterocycles. The molecule has 0 N–H and O–H groups in total. The molecule has 0 bridgehead atoms. The summed E-state index contributed by atoms with van der Waals surface area (Å²) in [5, 5.41) is 0. The van der Waals surface area contributed by atoms with Crippen LogP contribution in [0.4, 0.5) is 0 Å². The van der Waals surface area contributed by atoms with E-state index in [1.165, 1.54) is 11.3 Å². The lowest BCUT2D eigenvalue weighted by molar-refractivity contribution is -0.143. The van der Waals surface area contributed by atoms with Gasteiger partial charge in [-0.25, -0.2) is 9.79 Å². The van der Waals surface area contributed by atoms with Gasteiger partial charge in [0.2, 0.25) is 0 Å². The van der Waals surface area contributed by atoms with E-state index in [-0.39, 0.29) is 11.7 Å². The van der Waals surface area contributed by atoms with E-state index in [0.29, 0.717) is 45.3 Å². The zero-order chi connectivity index (χ0) is 30.7. The number of nitrogens with zero attached hydrogens (tertiary/aromatic N) is 2. The SMILES string of the molecule is CCOc1ccc([C@H]2C(C(=O)OC(C)C)=C(C)N=c3s/c(=C/c4cc(I)cc(I)c4OCc4ccccc4)c(=O)n32)cc1. The third-order valence-corrected chi connectivity index (χ3v) is 9.05. The van der Waals surface area contributed by atoms with Crippen LogP contribution in [-0.4, -0.2) is 23.2 Å². The first-order valence-electron chi connectivity index (χ1n) is 13.8. The molecule has 4 aromatic rings. The molecule has 0 saturated heterocycles. The number of carbonyl (C=O) groups is 1. The first-order chi connectivity index (χ1) is 20.7. The van der Waals surface area contributed by atoms with Gasteiger partial charge in [-0.3, -0.25) is 9.36 Å². The number of allylic oxidation sites excluding steroid dienone is 1. The highest BCUT2D eigenvalue weighted by Gasteiger charge is 2.34. The number of halogens is 2. The van der Waals surface area contributed by atoms with Crippen molar-refractivity contribution in [3.05, 3.63) is 122 Å². The molecule has 0 aliphatic carbocycles. The number of ether oxygens (including phenoxy) is 3. The summed E-state index contributed by atoms with van der Waals surface area (Å²) in [6.45, 7) is 8.24. The third kappa shape index (κ3) is 7.07. The Morgan fingerprint density at radius 2 is 1.79 bits per heavy atom. The molecule has 3 aromatic carbocycles. The zero-order valence-corrected chi connectivity index (χ0v) is 29.2. The fourth-order valence-electron chi connectivity index (χ4n) is 4.80. The number of carbonyl (C=O) groups excluding carboxylic acids is 1. The molecule has 2 heterocycles. The summed E-state index contributed by atoms with van der Waals surface area (Å²) in [5.41, 5.74) is 3.23. The van der Waals surface area contributed by atoms with Gasteiger partial charge in [-0.2, -0.15) is 0 Å². The lowest BCUT2D eigenvalue weighted by atomic mass is 9.96. The molecular weight excluding hydrogens is 790 g/mol. The minimum absolute atomic E-state index is 0.243. The van der Waals surface area contributed by atoms with Gasteiger partial charge in [-0.1, -0.05) is 53.8 Å². The summed E-state index contributed by atoms with van der Waals surface area (Å²) in [7, 11) is 0. The van der Waals surface area contributed by atoms with E-state index in [1.54, 1.807) is 25.3 Å². The number of aromatic nitrogens is 1. The first kappa shape index (κ1) is 31.5. The summed E-state index contributed by atoms with van der Waals surface area (Å²) in [6, 6.07) is 20.8. The minimum atomic E-state index is -0.704. The number of benzene rings is 3. The van der Waals surface area contributed by atoms with Crippen LogP contribution in [0, 0.1) is 7.14 Å². The standard InChI is InChI=1S/C33H30I2N2O5S/c1-5-40-25-13-11-22(12-14-25)29-28(32(39)42-19(2)3)20(4)36-33-37(29)31(38)27(43-33)16-23-15-24(34)17-26(35)30(23)41-18-21-9-7-6-8-10-21/h6-17,19,29H,5,18H2,1-4H3/b27-16+/t29-/m0/s1. The number of rotatable bonds is 9. The lowest BCUT2D eigenvalue weighted by Gasteiger charge is -2.25. The quantitative estimate of drug-likeness (QED) is 0.145. The van der Waals surface area contributed by atoms with Gasteiger partial charge in [-0.15, -0.1) is 0 Å². The molecule has 7 nitrogen and oxygen atoms in total. The second-order valence-electron chi connectivity index (χ2n) is 10.1. The van der Waals surface area contributed by atoms with E-state index in [9.17, 15) is 9.59 Å². The Morgan fingerprint density at radius 3 is 2.47 bits per heavy atom. The number of hydrogen-bond donors (Lipinski definition) is 0. The molecule has 0 unspecified atom stereocenters. The predicted molar refractivity (Wildman–Crippen MR) is 185 cm³/mol. The average molecular weight is 820 g/mol. The van der Waals surface area contributed by atoms with Gasteiger partial charge in [-0.05, 0) is 114 Å². The van der Waals surface area contributed by atoms with Crippen molar-refractivity contribution in [2.24, 2.45) is 4.99 Å². The fraction of sp³-hybridized carbons (Fsp3) is 0.242. The molecule has 0 fully saturated rings. The van der Waals surface area contributed by atoms with Gasteiger partial charge in [0.1, 0.15) is 18.1 Å². The van der Waals surface area contributed by atoms with E-state index in [2.05, 4.69) is 45.2 Å². The van der Waals surface area contributed by atoms with Crippen LogP contribution in [-0.2, 0) is 16.1 Å². The molecule has 10 heteroatoms. The van der Waals surface area contributed by atoms with E-state index >= 15 is 0 Å². The smallest absolute Gasteiger partial charge is 0.338 e. The van der Waals surface area contributed by atoms with Gasteiger partial charge in [0, 0.05) is 9.13 Å². The van der Waals surface area contributed by atoms with Crippen molar-refractivity contribution in [1.29, 1.82) is 0 Å². The number of esters is 1. The summed E-state index contributed by atoms with van der Waals surface area (Å²) < 4.78 is 21.6. The summed E-state index contributed by atoms with van der Waals surface area (Å²) in [6.07, 6.45) is 1.53. The fourth-order valence-corrected chi connectivity index (χ4v) is 7.88. The summed E-state index contributed by atoms with van der Waals surface area (Å²) in [5.74, 6) is 0.923. The van der Waals surface area contributed by atoms with Crippen LogP contribution in [0.5, 0.6) is 11.5 Å². The second kappa shape index (κ2) is 13.8. The Morgan fingerprint density at radius 1 is 1.07 bits per heavy atom. The number of thiazole rings is 1. The lowest BCUT2D eigenvalue weighted by Crippen LogP contribution is -2.40. The Labute approximate surface area is 281 Å². The molecule has 0 saturated carbocycles. The van der Waals surface area contributed by atoms with Crippen LogP contribution in [0.15, 0.2) is 87.8 Å². The van der Waals surface area contributed by atoms with Crippen LogP contribution >= 0.6 is 56.5 Å². The largest absolute Gasteiger partial charge is 0.494 e. The Kier molecular flexibility index (Phi) is 10.1. The monoisotopic (exact) mass is 820 g/mol. The maximum absolute atomic E-state index is 14.2. The van der Waals surface area contributed by atoms with Gasteiger partial charge in [0.15, 0.2) is 4.80 Å². The Hall–Kier alpha value is -2.97. The van der Waals surface area contributed by atoms with Gasteiger partial charge in [0.05, 0.1) is 38.1 Å². The van der Waals surface area contributed by atoms with E-state index in [4.69, 9.17) is 19.2 Å². The van der Waals surface area contributed by atoms with Crippen molar-refractivity contribution in [2.45, 2.75) is 46.4 Å². The van der Waals surface area contributed by atoms with Crippen molar-refractivity contribution in [3.8, 4) is 11.5 Å².